The van der Waals surface area contributed by atoms with Crippen molar-refractivity contribution in [3.63, 3.8) is 0 Å². The lowest BCUT2D eigenvalue weighted by atomic mass is 10.0. The van der Waals surface area contributed by atoms with Crippen LogP contribution in [0.25, 0.3) is 20.7 Å². The summed E-state index contributed by atoms with van der Waals surface area (Å²) in [6.45, 7) is -0.167. The van der Waals surface area contributed by atoms with Gasteiger partial charge in [0.2, 0.25) is 5.91 Å². The van der Waals surface area contributed by atoms with Crippen molar-refractivity contribution in [3.05, 3.63) is 50.1 Å². The van der Waals surface area contributed by atoms with Crippen molar-refractivity contribution in [2.24, 2.45) is 0 Å². The lowest BCUT2D eigenvalue weighted by molar-refractivity contribution is -0.116. The predicted octanol–water partition coefficient (Wildman–Crippen LogP) is 3.80. The van der Waals surface area contributed by atoms with Gasteiger partial charge >= 0.3 is 0 Å². The smallest absolute Gasteiger partial charge is 0.263 e. The first-order valence-corrected chi connectivity index (χ1v) is 11.5. The number of carbonyl (C=O) groups excluding carboxylic acids is 2. The van der Waals surface area contributed by atoms with Crippen molar-refractivity contribution in [3.8, 4) is 10.4 Å². The molecule has 0 aliphatic heterocycles. The zero-order valence-electron chi connectivity index (χ0n) is 15.0. The topological polar surface area (TPSA) is 93.9 Å². The van der Waals surface area contributed by atoms with Gasteiger partial charge in [-0.2, -0.15) is 0 Å². The minimum Gasteiger partial charge on any atom is -0.300 e. The minimum absolute atomic E-state index is 0.0775. The molecule has 0 radical (unpaired) electrons. The van der Waals surface area contributed by atoms with E-state index in [9.17, 15) is 14.4 Å². The second-order valence-corrected chi connectivity index (χ2v) is 9.41. The molecule has 0 aromatic carbocycles. The minimum atomic E-state index is -0.375. The van der Waals surface area contributed by atoms with Gasteiger partial charge in [0.25, 0.3) is 5.56 Å². The standard InChI is InChI=1S/C19H14N4O3S3/c24-12-4-1-3-11-16(12)29-19(21-11)22-14(25)7-23-9-20-17-15(18(23)26)10(8-28-17)13-5-2-6-27-13/h2,5-6,8-9H,1,3-4,7H2,(H,21,22,25). The largest absolute Gasteiger partial charge is 0.300 e. The number of amides is 1. The maximum absolute atomic E-state index is 13.0. The van der Waals surface area contributed by atoms with Crippen molar-refractivity contribution >= 4 is 61.0 Å². The zero-order chi connectivity index (χ0) is 20.0. The maximum Gasteiger partial charge on any atom is 0.263 e. The summed E-state index contributed by atoms with van der Waals surface area (Å²) in [5, 5.41) is 7.52. The van der Waals surface area contributed by atoms with Gasteiger partial charge in [-0.25, -0.2) is 9.97 Å². The van der Waals surface area contributed by atoms with Crippen LogP contribution in [-0.2, 0) is 17.8 Å². The number of nitrogens with one attached hydrogen (secondary N) is 1. The number of carbonyl (C=O) groups is 2. The van der Waals surface area contributed by atoms with Crippen molar-refractivity contribution in [1.29, 1.82) is 0 Å². The van der Waals surface area contributed by atoms with Gasteiger partial charge in [0, 0.05) is 22.2 Å². The van der Waals surface area contributed by atoms with Crippen LogP contribution in [0.2, 0.25) is 0 Å². The highest BCUT2D eigenvalue weighted by Crippen LogP contribution is 2.33. The first-order valence-electron chi connectivity index (χ1n) is 8.93. The number of aromatic nitrogens is 3. The number of hydrogen-bond donors (Lipinski definition) is 1. The van der Waals surface area contributed by atoms with Crippen LogP contribution in [-0.4, -0.2) is 26.2 Å². The summed E-state index contributed by atoms with van der Waals surface area (Å²) in [7, 11) is 0. The van der Waals surface area contributed by atoms with Crippen LogP contribution in [0.1, 0.15) is 28.2 Å². The molecule has 1 aliphatic carbocycles. The molecule has 1 N–H and O–H groups in total. The van der Waals surface area contributed by atoms with Crippen LogP contribution in [0.4, 0.5) is 5.13 Å². The van der Waals surface area contributed by atoms with Crippen LogP contribution in [0.15, 0.2) is 34.0 Å². The highest BCUT2D eigenvalue weighted by molar-refractivity contribution is 7.18. The van der Waals surface area contributed by atoms with Crippen LogP contribution in [0, 0.1) is 0 Å². The third-order valence-electron chi connectivity index (χ3n) is 4.68. The molecular weight excluding hydrogens is 428 g/mol. The van der Waals surface area contributed by atoms with Gasteiger partial charge < -0.3 is 5.32 Å². The summed E-state index contributed by atoms with van der Waals surface area (Å²) in [4.78, 5) is 48.4. The molecule has 0 atom stereocenters. The van der Waals surface area contributed by atoms with Gasteiger partial charge in [-0.15, -0.1) is 22.7 Å². The lowest BCUT2D eigenvalue weighted by Gasteiger charge is -2.06. The van der Waals surface area contributed by atoms with Gasteiger partial charge in [-0.3, -0.25) is 19.0 Å². The number of anilines is 1. The van der Waals surface area contributed by atoms with Gasteiger partial charge in [0.1, 0.15) is 11.4 Å². The summed E-state index contributed by atoms with van der Waals surface area (Å²) in [5.74, 6) is -0.298. The molecule has 4 aromatic rings. The number of thiophene rings is 2. The molecule has 0 saturated heterocycles. The molecule has 1 amide bonds. The fourth-order valence-corrected chi connectivity index (χ4v) is 6.05. The van der Waals surface area contributed by atoms with E-state index in [0.29, 0.717) is 26.6 Å². The number of thiazole rings is 1. The van der Waals surface area contributed by atoms with E-state index in [0.717, 1.165) is 29.0 Å². The van der Waals surface area contributed by atoms with E-state index in [2.05, 4.69) is 15.3 Å². The summed E-state index contributed by atoms with van der Waals surface area (Å²) >= 11 is 4.17. The molecule has 0 spiro atoms. The van der Waals surface area contributed by atoms with E-state index in [-0.39, 0.29) is 23.8 Å². The molecule has 1 aliphatic rings. The number of nitrogens with zero attached hydrogens (tertiary/aromatic N) is 3. The van der Waals surface area contributed by atoms with E-state index in [1.165, 1.54) is 33.6 Å². The maximum atomic E-state index is 13.0. The Hall–Kier alpha value is -2.69. The van der Waals surface area contributed by atoms with Gasteiger partial charge in [0.15, 0.2) is 10.9 Å². The highest BCUT2D eigenvalue weighted by Gasteiger charge is 2.23. The second kappa shape index (κ2) is 7.29. The Labute approximate surface area is 176 Å². The Balaban J connectivity index is 1.41. The van der Waals surface area contributed by atoms with Crippen molar-refractivity contribution in [1.82, 2.24) is 14.5 Å². The van der Waals surface area contributed by atoms with Crippen molar-refractivity contribution in [2.45, 2.75) is 25.8 Å². The highest BCUT2D eigenvalue weighted by atomic mass is 32.1. The van der Waals surface area contributed by atoms with Gasteiger partial charge in [0.05, 0.1) is 22.3 Å². The molecule has 146 valence electrons. The Kier molecular flexibility index (Phi) is 4.61. The molecule has 4 aromatic heterocycles. The Morgan fingerprint density at radius 3 is 2.93 bits per heavy atom. The molecule has 0 fully saturated rings. The van der Waals surface area contributed by atoms with Crippen LogP contribution in [0.3, 0.4) is 0 Å². The van der Waals surface area contributed by atoms with Crippen LogP contribution in [0.5, 0.6) is 0 Å². The third-order valence-corrected chi connectivity index (χ3v) is 7.52. The number of rotatable bonds is 4. The van der Waals surface area contributed by atoms with Gasteiger partial charge in [-0.05, 0) is 24.3 Å². The average Bonchev–Trinajstić information content (AvgIpc) is 3.42. The van der Waals surface area contributed by atoms with Crippen molar-refractivity contribution in [2.75, 3.05) is 5.32 Å². The number of ketones is 1. The first kappa shape index (κ1) is 18.3. The van der Waals surface area contributed by atoms with Crippen LogP contribution < -0.4 is 10.9 Å². The molecule has 4 heterocycles. The molecular formula is C19H14N4O3S3. The van der Waals surface area contributed by atoms with Gasteiger partial charge in [-0.1, -0.05) is 17.4 Å². The fraction of sp³-hybridized carbons (Fsp3) is 0.211. The number of hydrogen-bond acceptors (Lipinski definition) is 8. The summed E-state index contributed by atoms with van der Waals surface area (Å²) in [5.41, 5.74) is 1.35. The summed E-state index contributed by atoms with van der Waals surface area (Å²) in [6.07, 6.45) is 3.46. The average molecular weight is 443 g/mol. The Morgan fingerprint density at radius 1 is 1.24 bits per heavy atom. The van der Waals surface area contributed by atoms with E-state index >= 15 is 0 Å². The Bertz CT molecular complexity index is 1300. The molecule has 10 heteroatoms. The second-order valence-electron chi connectivity index (χ2n) is 6.60. The fourth-order valence-electron chi connectivity index (χ4n) is 3.33. The van der Waals surface area contributed by atoms with E-state index in [1.807, 2.05) is 22.9 Å². The molecule has 0 bridgehead atoms. The molecule has 5 rings (SSSR count). The molecule has 0 unspecified atom stereocenters. The number of aryl methyl sites for hydroxylation is 1. The molecule has 0 saturated carbocycles. The van der Waals surface area contributed by atoms with E-state index in [4.69, 9.17) is 0 Å². The van der Waals surface area contributed by atoms with Crippen molar-refractivity contribution < 1.29 is 9.59 Å². The number of fused-ring (bicyclic) bond motifs is 2. The first-order chi connectivity index (χ1) is 14.1. The normalized spacial score (nSPS) is 13.6. The monoisotopic (exact) mass is 442 g/mol. The van der Waals surface area contributed by atoms with E-state index in [1.54, 1.807) is 11.3 Å². The van der Waals surface area contributed by atoms with Crippen LogP contribution >= 0.6 is 34.0 Å². The SMILES string of the molecule is O=C(Cn1cnc2scc(-c3cccs3)c2c1=O)Nc1nc2c(s1)C(=O)CCC2. The third kappa shape index (κ3) is 3.33. The van der Waals surface area contributed by atoms with E-state index < -0.39 is 0 Å². The zero-order valence-corrected chi connectivity index (χ0v) is 17.5. The molecule has 29 heavy (non-hydrogen) atoms. The lowest BCUT2D eigenvalue weighted by Crippen LogP contribution is -2.27. The number of Topliss-reactive ketones (excluding diaryl/α,β-unsaturated/α-hetero) is 1. The molecule has 7 nitrogen and oxygen atoms in total. The predicted molar refractivity (Wildman–Crippen MR) is 115 cm³/mol. The summed E-state index contributed by atoms with van der Waals surface area (Å²) in [6, 6.07) is 3.89. The summed E-state index contributed by atoms with van der Waals surface area (Å²) < 4.78 is 1.31. The Morgan fingerprint density at radius 2 is 2.14 bits per heavy atom. The quantitative estimate of drug-likeness (QED) is 0.519.